The van der Waals surface area contributed by atoms with Gasteiger partial charge >= 0.3 is 5.97 Å². The first-order chi connectivity index (χ1) is 11.4. The lowest BCUT2D eigenvalue weighted by molar-refractivity contribution is -0.155. The minimum absolute atomic E-state index is 0.0156. The molecule has 1 atom stereocenters. The van der Waals surface area contributed by atoms with Crippen LogP contribution in [0.3, 0.4) is 0 Å². The lowest BCUT2D eigenvalue weighted by Gasteiger charge is -2.37. The van der Waals surface area contributed by atoms with Crippen LogP contribution in [0.4, 0.5) is 0 Å². The average Bonchev–Trinajstić information content (AvgIpc) is 3.12. The zero-order chi connectivity index (χ0) is 17.3. The van der Waals surface area contributed by atoms with Crippen LogP contribution in [-0.2, 0) is 20.9 Å². The molecule has 2 fully saturated rings. The van der Waals surface area contributed by atoms with Gasteiger partial charge in [-0.1, -0.05) is 20.3 Å². The maximum Gasteiger partial charge on any atom is 0.307 e. The summed E-state index contributed by atoms with van der Waals surface area (Å²) in [4.78, 5) is 31.2. The van der Waals surface area contributed by atoms with Crippen molar-refractivity contribution in [1.82, 2.24) is 9.88 Å². The van der Waals surface area contributed by atoms with Crippen LogP contribution in [-0.4, -0.2) is 34.4 Å². The standard InChI is InChI=1S/C18H26N2O3S/c1-12(2)16-19-13(11-24-16)10-20(3)17(22)14-9-15(21)23-18(14)7-5-4-6-8-18/h11-12,14H,4-10H2,1-3H3/t14-/m0/s1. The van der Waals surface area contributed by atoms with Gasteiger partial charge < -0.3 is 9.64 Å². The van der Waals surface area contributed by atoms with Gasteiger partial charge in [-0.3, -0.25) is 9.59 Å². The summed E-state index contributed by atoms with van der Waals surface area (Å²) >= 11 is 1.64. The summed E-state index contributed by atoms with van der Waals surface area (Å²) in [7, 11) is 1.80. The monoisotopic (exact) mass is 350 g/mol. The molecule has 24 heavy (non-hydrogen) atoms. The predicted molar refractivity (Wildman–Crippen MR) is 92.7 cm³/mol. The Morgan fingerprint density at radius 2 is 2.12 bits per heavy atom. The molecule has 5 nitrogen and oxygen atoms in total. The molecule has 1 aliphatic carbocycles. The highest BCUT2D eigenvalue weighted by Gasteiger charge is 2.53. The first-order valence-electron chi connectivity index (χ1n) is 8.82. The molecule has 1 aromatic heterocycles. The Bertz CT molecular complexity index is 620. The molecule has 2 heterocycles. The number of ether oxygens (including phenoxy) is 1. The lowest BCUT2D eigenvalue weighted by Crippen LogP contribution is -2.46. The van der Waals surface area contributed by atoms with Crippen molar-refractivity contribution in [1.29, 1.82) is 0 Å². The molecule has 1 saturated carbocycles. The number of amides is 1. The van der Waals surface area contributed by atoms with Gasteiger partial charge in [-0.25, -0.2) is 4.98 Å². The van der Waals surface area contributed by atoms with E-state index in [0.717, 1.165) is 42.8 Å². The normalized spacial score (nSPS) is 22.8. The minimum atomic E-state index is -0.550. The second kappa shape index (κ2) is 6.82. The van der Waals surface area contributed by atoms with Crippen LogP contribution < -0.4 is 0 Å². The third-order valence-corrected chi connectivity index (χ3v) is 6.35. The fourth-order valence-electron chi connectivity index (χ4n) is 3.85. The molecule has 0 N–H and O–H groups in total. The van der Waals surface area contributed by atoms with E-state index in [1.54, 1.807) is 23.3 Å². The molecule has 132 valence electrons. The molecule has 1 saturated heterocycles. The number of carbonyl (C=O) groups excluding carboxylic acids is 2. The topological polar surface area (TPSA) is 59.5 Å². The van der Waals surface area contributed by atoms with Crippen molar-refractivity contribution in [2.45, 2.75) is 70.4 Å². The highest BCUT2D eigenvalue weighted by molar-refractivity contribution is 7.09. The molecule has 2 aliphatic rings. The van der Waals surface area contributed by atoms with E-state index < -0.39 is 5.60 Å². The van der Waals surface area contributed by atoms with Crippen molar-refractivity contribution in [2.24, 2.45) is 5.92 Å². The van der Waals surface area contributed by atoms with Crippen molar-refractivity contribution >= 4 is 23.2 Å². The van der Waals surface area contributed by atoms with Crippen molar-refractivity contribution < 1.29 is 14.3 Å². The molecule has 1 spiro atoms. The van der Waals surface area contributed by atoms with Crippen LogP contribution in [0.5, 0.6) is 0 Å². The van der Waals surface area contributed by atoms with Gasteiger partial charge in [0.2, 0.25) is 5.91 Å². The smallest absolute Gasteiger partial charge is 0.307 e. The molecule has 0 bridgehead atoms. The summed E-state index contributed by atoms with van der Waals surface area (Å²) in [6.45, 7) is 4.72. The van der Waals surface area contributed by atoms with Crippen molar-refractivity contribution in [3.8, 4) is 0 Å². The molecule has 6 heteroatoms. The zero-order valence-electron chi connectivity index (χ0n) is 14.7. The van der Waals surface area contributed by atoms with Crippen LogP contribution in [0.2, 0.25) is 0 Å². The van der Waals surface area contributed by atoms with Gasteiger partial charge in [-0.2, -0.15) is 0 Å². The van der Waals surface area contributed by atoms with Gasteiger partial charge in [0.15, 0.2) is 0 Å². The Labute approximate surface area is 147 Å². The third kappa shape index (κ3) is 3.34. The molecule has 0 unspecified atom stereocenters. The number of hydrogen-bond acceptors (Lipinski definition) is 5. The fourth-order valence-corrected chi connectivity index (χ4v) is 4.68. The summed E-state index contributed by atoms with van der Waals surface area (Å²) in [5.74, 6) is -0.143. The molecule has 0 aromatic carbocycles. The summed E-state index contributed by atoms with van der Waals surface area (Å²) < 4.78 is 5.66. The molecule has 3 rings (SSSR count). The van der Waals surface area contributed by atoms with Gasteiger partial charge in [0, 0.05) is 18.3 Å². The Kier molecular flexibility index (Phi) is 4.95. The van der Waals surface area contributed by atoms with Crippen molar-refractivity contribution in [3.05, 3.63) is 16.1 Å². The first kappa shape index (κ1) is 17.4. The van der Waals surface area contributed by atoms with E-state index in [0.29, 0.717) is 12.5 Å². The zero-order valence-corrected chi connectivity index (χ0v) is 15.5. The van der Waals surface area contributed by atoms with Gasteiger partial charge in [-0.05, 0) is 25.7 Å². The number of esters is 1. The maximum atomic E-state index is 13.0. The Morgan fingerprint density at radius 1 is 1.42 bits per heavy atom. The molecule has 1 aliphatic heterocycles. The fraction of sp³-hybridized carbons (Fsp3) is 0.722. The number of thiazole rings is 1. The maximum absolute atomic E-state index is 13.0. The van der Waals surface area contributed by atoms with Crippen LogP contribution in [0.15, 0.2) is 5.38 Å². The van der Waals surface area contributed by atoms with E-state index >= 15 is 0 Å². The molecular formula is C18H26N2O3S. The van der Waals surface area contributed by atoms with Crippen LogP contribution in [0, 0.1) is 5.92 Å². The second-order valence-electron chi connectivity index (χ2n) is 7.38. The number of nitrogens with zero attached hydrogens (tertiary/aromatic N) is 2. The van der Waals surface area contributed by atoms with E-state index in [9.17, 15) is 9.59 Å². The third-order valence-electron chi connectivity index (χ3n) is 5.16. The summed E-state index contributed by atoms with van der Waals surface area (Å²) in [5, 5.41) is 3.11. The highest BCUT2D eigenvalue weighted by Crippen LogP contribution is 2.44. The Hall–Kier alpha value is -1.43. The van der Waals surface area contributed by atoms with Crippen LogP contribution in [0.25, 0.3) is 0 Å². The number of rotatable bonds is 4. The molecule has 1 aromatic rings. The number of carbonyl (C=O) groups is 2. The van der Waals surface area contributed by atoms with Crippen LogP contribution >= 0.6 is 11.3 Å². The second-order valence-corrected chi connectivity index (χ2v) is 8.27. The van der Waals surface area contributed by atoms with E-state index in [1.165, 1.54) is 0 Å². The van der Waals surface area contributed by atoms with E-state index in [-0.39, 0.29) is 24.2 Å². The van der Waals surface area contributed by atoms with Gasteiger partial charge in [0.05, 0.1) is 29.6 Å². The number of hydrogen-bond donors (Lipinski definition) is 0. The Morgan fingerprint density at radius 3 is 2.75 bits per heavy atom. The van der Waals surface area contributed by atoms with E-state index in [4.69, 9.17) is 4.74 Å². The van der Waals surface area contributed by atoms with Gasteiger partial charge in [0.1, 0.15) is 5.60 Å². The lowest BCUT2D eigenvalue weighted by atomic mass is 9.75. The van der Waals surface area contributed by atoms with Crippen molar-refractivity contribution in [3.63, 3.8) is 0 Å². The molecule has 1 amide bonds. The van der Waals surface area contributed by atoms with E-state index in [1.807, 2.05) is 5.38 Å². The van der Waals surface area contributed by atoms with Gasteiger partial charge in [-0.15, -0.1) is 11.3 Å². The average molecular weight is 350 g/mol. The highest BCUT2D eigenvalue weighted by atomic mass is 32.1. The quantitative estimate of drug-likeness (QED) is 0.780. The Balaban J connectivity index is 1.70. The minimum Gasteiger partial charge on any atom is -0.458 e. The van der Waals surface area contributed by atoms with Crippen LogP contribution in [0.1, 0.15) is 69.0 Å². The summed E-state index contributed by atoms with van der Waals surface area (Å²) in [5.41, 5.74) is 0.369. The van der Waals surface area contributed by atoms with Crippen molar-refractivity contribution in [2.75, 3.05) is 7.05 Å². The molecular weight excluding hydrogens is 324 g/mol. The van der Waals surface area contributed by atoms with Gasteiger partial charge in [0.25, 0.3) is 0 Å². The SMILES string of the molecule is CC(C)c1nc(CN(C)C(=O)[C@@H]2CC(=O)OC23CCCCC3)cs1. The number of aromatic nitrogens is 1. The predicted octanol–water partition coefficient (Wildman–Crippen LogP) is 3.49. The summed E-state index contributed by atoms with van der Waals surface area (Å²) in [6.07, 6.45) is 5.08. The van der Waals surface area contributed by atoms with E-state index in [2.05, 4.69) is 18.8 Å². The molecule has 0 radical (unpaired) electrons. The summed E-state index contributed by atoms with van der Waals surface area (Å²) in [6, 6.07) is 0. The largest absolute Gasteiger partial charge is 0.458 e. The first-order valence-corrected chi connectivity index (χ1v) is 9.70.